The molecule has 0 spiro atoms. The summed E-state index contributed by atoms with van der Waals surface area (Å²) in [6.45, 7) is 5.14. The summed E-state index contributed by atoms with van der Waals surface area (Å²) in [6, 6.07) is 4.89. The van der Waals surface area contributed by atoms with Gasteiger partial charge in [0.05, 0.1) is 4.90 Å². The van der Waals surface area contributed by atoms with Crippen molar-refractivity contribution in [3.63, 3.8) is 0 Å². The third-order valence-corrected chi connectivity index (χ3v) is 5.20. The molecule has 1 fully saturated rings. The van der Waals surface area contributed by atoms with Crippen molar-refractivity contribution in [1.29, 1.82) is 0 Å². The van der Waals surface area contributed by atoms with Crippen LogP contribution in [0.2, 0.25) is 5.02 Å². The molecule has 0 aliphatic carbocycles. The Hall–Kier alpha value is -0.620. The van der Waals surface area contributed by atoms with E-state index in [0.29, 0.717) is 17.1 Å². The van der Waals surface area contributed by atoms with Gasteiger partial charge in [0.15, 0.2) is 0 Å². The van der Waals surface area contributed by atoms with Gasteiger partial charge in [0.25, 0.3) is 0 Å². The first kappa shape index (κ1) is 13.8. The summed E-state index contributed by atoms with van der Waals surface area (Å²) in [5.41, 5.74) is 0.273. The standard InChI is InChI=1S/C12H17ClN2O2S/c1-9-3-4-10(13)7-11(9)18(16,17)15-12(2)5-6-14-8-12/h3-4,7,14-15H,5-6,8H2,1-2H3. The molecule has 0 radical (unpaired) electrons. The molecular weight excluding hydrogens is 272 g/mol. The van der Waals surface area contributed by atoms with E-state index >= 15 is 0 Å². The molecule has 1 unspecified atom stereocenters. The highest BCUT2D eigenvalue weighted by atomic mass is 35.5. The molecule has 1 saturated heterocycles. The Kier molecular flexibility index (Phi) is 3.69. The Morgan fingerprint density at radius 2 is 2.17 bits per heavy atom. The summed E-state index contributed by atoms with van der Waals surface area (Å²) >= 11 is 5.87. The van der Waals surface area contributed by atoms with E-state index < -0.39 is 15.6 Å². The van der Waals surface area contributed by atoms with Crippen LogP contribution in [0.5, 0.6) is 0 Å². The first-order chi connectivity index (χ1) is 8.32. The number of sulfonamides is 1. The van der Waals surface area contributed by atoms with Gasteiger partial charge in [-0.15, -0.1) is 0 Å². The number of hydrogen-bond acceptors (Lipinski definition) is 3. The van der Waals surface area contributed by atoms with Crippen LogP contribution >= 0.6 is 11.6 Å². The van der Waals surface area contributed by atoms with E-state index in [9.17, 15) is 8.42 Å². The fraction of sp³-hybridized carbons (Fsp3) is 0.500. The van der Waals surface area contributed by atoms with Gasteiger partial charge in [-0.2, -0.15) is 0 Å². The average Bonchev–Trinajstić information content (AvgIpc) is 2.67. The molecule has 1 aromatic rings. The van der Waals surface area contributed by atoms with Gasteiger partial charge in [-0.1, -0.05) is 17.7 Å². The van der Waals surface area contributed by atoms with Crippen LogP contribution in [0.25, 0.3) is 0 Å². The van der Waals surface area contributed by atoms with Crippen molar-refractivity contribution < 1.29 is 8.42 Å². The Balaban J connectivity index is 2.33. The summed E-state index contributed by atoms with van der Waals surface area (Å²) < 4.78 is 27.5. The van der Waals surface area contributed by atoms with E-state index in [2.05, 4.69) is 10.0 Å². The van der Waals surface area contributed by atoms with Gasteiger partial charge in [0.1, 0.15) is 0 Å². The van der Waals surface area contributed by atoms with Crippen LogP contribution in [-0.4, -0.2) is 27.0 Å². The number of benzene rings is 1. The number of rotatable bonds is 3. The lowest BCUT2D eigenvalue weighted by atomic mass is 10.0. The minimum Gasteiger partial charge on any atom is -0.315 e. The molecule has 1 atom stereocenters. The number of hydrogen-bond donors (Lipinski definition) is 2. The zero-order valence-corrected chi connectivity index (χ0v) is 12.0. The minimum atomic E-state index is -3.53. The zero-order valence-electron chi connectivity index (χ0n) is 10.5. The molecule has 2 N–H and O–H groups in total. The van der Waals surface area contributed by atoms with Gasteiger partial charge in [0, 0.05) is 17.1 Å². The van der Waals surface area contributed by atoms with Crippen LogP contribution in [-0.2, 0) is 10.0 Å². The maximum absolute atomic E-state index is 12.4. The second kappa shape index (κ2) is 4.81. The Morgan fingerprint density at radius 3 is 2.78 bits per heavy atom. The maximum Gasteiger partial charge on any atom is 0.241 e. The molecule has 1 aromatic carbocycles. The zero-order chi connectivity index (χ0) is 13.4. The van der Waals surface area contributed by atoms with Crippen LogP contribution in [0.3, 0.4) is 0 Å². The van der Waals surface area contributed by atoms with Crippen LogP contribution in [0.1, 0.15) is 18.9 Å². The molecule has 1 aliphatic rings. The van der Waals surface area contributed by atoms with E-state index in [1.807, 2.05) is 6.92 Å². The first-order valence-corrected chi connectivity index (χ1v) is 7.69. The fourth-order valence-electron chi connectivity index (χ4n) is 2.15. The fourth-order valence-corrected chi connectivity index (χ4v) is 4.09. The van der Waals surface area contributed by atoms with Gasteiger partial charge >= 0.3 is 0 Å². The molecule has 1 aliphatic heterocycles. The van der Waals surface area contributed by atoms with Gasteiger partial charge in [-0.25, -0.2) is 13.1 Å². The van der Waals surface area contributed by atoms with Crippen molar-refractivity contribution in [3.05, 3.63) is 28.8 Å². The topological polar surface area (TPSA) is 58.2 Å². The highest BCUT2D eigenvalue weighted by Gasteiger charge is 2.34. The molecule has 2 rings (SSSR count). The highest BCUT2D eigenvalue weighted by molar-refractivity contribution is 7.89. The summed E-state index contributed by atoms with van der Waals surface area (Å²) in [5, 5.41) is 3.59. The average molecular weight is 289 g/mol. The smallest absolute Gasteiger partial charge is 0.241 e. The van der Waals surface area contributed by atoms with E-state index in [1.165, 1.54) is 6.07 Å². The minimum absolute atomic E-state index is 0.253. The van der Waals surface area contributed by atoms with Gasteiger partial charge in [0.2, 0.25) is 10.0 Å². The molecule has 0 bridgehead atoms. The molecule has 18 heavy (non-hydrogen) atoms. The normalized spacial score (nSPS) is 24.4. The largest absolute Gasteiger partial charge is 0.315 e. The van der Waals surface area contributed by atoms with Crippen molar-refractivity contribution in [2.45, 2.75) is 30.7 Å². The van der Waals surface area contributed by atoms with Gasteiger partial charge in [-0.3, -0.25) is 0 Å². The predicted molar refractivity (Wildman–Crippen MR) is 72.4 cm³/mol. The maximum atomic E-state index is 12.4. The second-order valence-corrected chi connectivity index (χ2v) is 7.09. The molecular formula is C12H17ClN2O2S. The molecule has 0 amide bonds. The molecule has 1 heterocycles. The summed E-state index contributed by atoms with van der Waals surface area (Å²) in [5.74, 6) is 0. The van der Waals surface area contributed by atoms with Gasteiger partial charge in [-0.05, 0) is 44.5 Å². The van der Waals surface area contributed by atoms with E-state index in [0.717, 1.165) is 13.0 Å². The third kappa shape index (κ3) is 2.85. The quantitative estimate of drug-likeness (QED) is 0.890. The summed E-state index contributed by atoms with van der Waals surface area (Å²) in [4.78, 5) is 0.253. The van der Waals surface area contributed by atoms with E-state index in [4.69, 9.17) is 11.6 Å². The Labute approximate surface area is 113 Å². The number of halogens is 1. The van der Waals surface area contributed by atoms with Crippen LogP contribution < -0.4 is 10.0 Å². The third-order valence-electron chi connectivity index (χ3n) is 3.19. The Morgan fingerprint density at radius 1 is 1.44 bits per heavy atom. The first-order valence-electron chi connectivity index (χ1n) is 5.83. The lowest BCUT2D eigenvalue weighted by molar-refractivity contribution is 0.452. The lowest BCUT2D eigenvalue weighted by Gasteiger charge is -2.24. The second-order valence-electron chi connectivity index (χ2n) is 5.00. The molecule has 0 saturated carbocycles. The van der Waals surface area contributed by atoms with Crippen molar-refractivity contribution in [1.82, 2.24) is 10.0 Å². The lowest BCUT2D eigenvalue weighted by Crippen LogP contribution is -2.47. The van der Waals surface area contributed by atoms with Crippen LogP contribution in [0.4, 0.5) is 0 Å². The summed E-state index contributed by atoms with van der Waals surface area (Å²) in [6.07, 6.45) is 0.784. The number of aryl methyl sites for hydroxylation is 1. The van der Waals surface area contributed by atoms with Gasteiger partial charge < -0.3 is 5.32 Å². The Bertz CT molecular complexity index is 551. The molecule has 4 nitrogen and oxygen atoms in total. The van der Waals surface area contributed by atoms with Crippen LogP contribution in [0, 0.1) is 6.92 Å². The van der Waals surface area contributed by atoms with E-state index in [-0.39, 0.29) is 4.90 Å². The molecule has 6 heteroatoms. The summed E-state index contributed by atoms with van der Waals surface area (Å²) in [7, 11) is -3.53. The van der Waals surface area contributed by atoms with Crippen LogP contribution in [0.15, 0.2) is 23.1 Å². The van der Waals surface area contributed by atoms with Crippen molar-refractivity contribution in [2.75, 3.05) is 13.1 Å². The highest BCUT2D eigenvalue weighted by Crippen LogP contribution is 2.23. The van der Waals surface area contributed by atoms with Crippen molar-refractivity contribution >= 4 is 21.6 Å². The van der Waals surface area contributed by atoms with E-state index in [1.54, 1.807) is 19.1 Å². The van der Waals surface area contributed by atoms with Crippen molar-refractivity contribution in [2.24, 2.45) is 0 Å². The molecule has 0 aromatic heterocycles. The number of nitrogens with one attached hydrogen (secondary N) is 2. The monoisotopic (exact) mass is 288 g/mol. The molecule has 100 valence electrons. The SMILES string of the molecule is Cc1ccc(Cl)cc1S(=O)(=O)NC1(C)CCNC1. The van der Waals surface area contributed by atoms with Crippen molar-refractivity contribution in [3.8, 4) is 0 Å². The predicted octanol–water partition coefficient (Wildman–Crippen LogP) is 1.68.